The van der Waals surface area contributed by atoms with E-state index in [1.54, 1.807) is 6.92 Å². The average molecular weight is 415 g/mol. The minimum atomic E-state index is -0.0581. The van der Waals surface area contributed by atoms with Crippen molar-refractivity contribution >= 4 is 11.8 Å². The molecule has 0 bridgehead atoms. The molecule has 2 saturated heterocycles. The molecule has 0 N–H and O–H groups in total. The molecule has 1 atom stereocenters. The normalized spacial score (nSPS) is 20.2. The van der Waals surface area contributed by atoms with Gasteiger partial charge in [-0.05, 0) is 51.9 Å². The van der Waals surface area contributed by atoms with Crippen LogP contribution in [0.4, 0.5) is 0 Å². The fourth-order valence-corrected chi connectivity index (χ4v) is 4.89. The molecule has 2 aliphatic rings. The second-order valence-corrected chi connectivity index (χ2v) is 8.69. The van der Waals surface area contributed by atoms with Crippen LogP contribution in [-0.4, -0.2) is 58.1 Å². The van der Waals surface area contributed by atoms with Gasteiger partial charge in [-0.15, -0.1) is 0 Å². The minimum Gasteiger partial charge on any atom is -0.361 e. The largest absolute Gasteiger partial charge is 0.361 e. The van der Waals surface area contributed by atoms with Gasteiger partial charge in [0.05, 0.1) is 5.69 Å². The van der Waals surface area contributed by atoms with Crippen molar-refractivity contribution in [1.82, 2.24) is 20.1 Å². The Hall–Kier alpha value is -2.64. The van der Waals surface area contributed by atoms with E-state index in [0.29, 0.717) is 29.7 Å². The van der Waals surface area contributed by atoms with Gasteiger partial charge in [-0.3, -0.25) is 9.59 Å². The molecule has 2 amide bonds. The molecule has 2 fully saturated rings. The summed E-state index contributed by atoms with van der Waals surface area (Å²) in [6.07, 6.45) is 3.57. The summed E-state index contributed by atoms with van der Waals surface area (Å²) in [6, 6.07) is 0. The highest BCUT2D eigenvalue weighted by molar-refractivity contribution is 5.94. The fourth-order valence-electron chi connectivity index (χ4n) is 4.89. The number of hydrogen-bond donors (Lipinski definition) is 0. The second-order valence-electron chi connectivity index (χ2n) is 8.69. The van der Waals surface area contributed by atoms with Crippen LogP contribution >= 0.6 is 0 Å². The molecule has 162 valence electrons. The molecule has 0 radical (unpaired) electrons. The molecule has 0 spiro atoms. The monoisotopic (exact) mass is 414 g/mol. The third kappa shape index (κ3) is 3.87. The lowest BCUT2D eigenvalue weighted by Crippen LogP contribution is -2.39. The predicted octanol–water partition coefficient (Wildman–Crippen LogP) is 2.90. The van der Waals surface area contributed by atoms with E-state index in [1.165, 1.54) is 0 Å². The first-order chi connectivity index (χ1) is 14.3. The summed E-state index contributed by atoms with van der Waals surface area (Å²) >= 11 is 0. The van der Waals surface area contributed by atoms with Crippen LogP contribution in [0.25, 0.3) is 0 Å². The number of hydrogen-bond acceptors (Lipinski definition) is 6. The van der Waals surface area contributed by atoms with Crippen LogP contribution in [0.1, 0.15) is 65.0 Å². The van der Waals surface area contributed by atoms with Crippen LogP contribution in [0.2, 0.25) is 0 Å². The van der Waals surface area contributed by atoms with Gasteiger partial charge in [0.15, 0.2) is 5.69 Å². The van der Waals surface area contributed by atoms with E-state index in [-0.39, 0.29) is 11.8 Å². The van der Waals surface area contributed by atoms with Crippen molar-refractivity contribution in [3.8, 4) is 0 Å². The summed E-state index contributed by atoms with van der Waals surface area (Å²) in [4.78, 5) is 28.7. The molecular weight excluding hydrogens is 384 g/mol. The van der Waals surface area contributed by atoms with Crippen LogP contribution in [0, 0.1) is 32.6 Å². The molecule has 0 aliphatic carbocycles. The highest BCUT2D eigenvalue weighted by Crippen LogP contribution is 2.33. The number of carbonyl (C=O) groups excluding carboxylic acids is 2. The third-order valence-corrected chi connectivity index (χ3v) is 6.89. The van der Waals surface area contributed by atoms with E-state index in [0.717, 1.165) is 68.0 Å². The zero-order valence-electron chi connectivity index (χ0n) is 18.2. The summed E-state index contributed by atoms with van der Waals surface area (Å²) in [5.74, 6) is 2.57. The Bertz CT molecular complexity index is 920. The lowest BCUT2D eigenvalue weighted by atomic mass is 9.84. The predicted molar refractivity (Wildman–Crippen MR) is 109 cm³/mol. The van der Waals surface area contributed by atoms with Crippen molar-refractivity contribution in [3.63, 3.8) is 0 Å². The molecule has 30 heavy (non-hydrogen) atoms. The summed E-state index contributed by atoms with van der Waals surface area (Å²) < 4.78 is 10.7. The molecular formula is C22H30N4O4. The van der Waals surface area contributed by atoms with Crippen molar-refractivity contribution in [2.24, 2.45) is 11.8 Å². The van der Waals surface area contributed by atoms with Gasteiger partial charge in [-0.25, -0.2) is 0 Å². The van der Waals surface area contributed by atoms with E-state index in [9.17, 15) is 9.59 Å². The van der Waals surface area contributed by atoms with Gasteiger partial charge in [0.2, 0.25) is 5.91 Å². The van der Waals surface area contributed by atoms with Gasteiger partial charge in [-0.2, -0.15) is 0 Å². The fraction of sp³-hybridized carbons (Fsp3) is 0.636. The van der Waals surface area contributed by atoms with E-state index in [2.05, 4.69) is 10.3 Å². The van der Waals surface area contributed by atoms with Gasteiger partial charge >= 0.3 is 0 Å². The molecule has 2 aromatic heterocycles. The maximum absolute atomic E-state index is 13.3. The Morgan fingerprint density at radius 3 is 2.13 bits per heavy atom. The van der Waals surface area contributed by atoms with Crippen LogP contribution in [0.15, 0.2) is 9.05 Å². The zero-order valence-corrected chi connectivity index (χ0v) is 18.2. The number of aromatic nitrogens is 2. The molecule has 4 rings (SSSR count). The standard InChI is InChI=1S/C22H30N4O4/c1-13-19(14(2)29-23-13)11-20-15(3)30-24-21(20)22(28)26-10-7-18(12-26)17-5-8-25(9-6-17)16(4)27/h17-18H,5-12H2,1-4H3. The van der Waals surface area contributed by atoms with E-state index < -0.39 is 0 Å². The van der Waals surface area contributed by atoms with E-state index >= 15 is 0 Å². The third-order valence-electron chi connectivity index (χ3n) is 6.89. The van der Waals surface area contributed by atoms with E-state index in [1.807, 2.05) is 30.6 Å². The molecule has 0 saturated carbocycles. The summed E-state index contributed by atoms with van der Waals surface area (Å²) in [7, 11) is 0. The van der Waals surface area contributed by atoms with Crippen molar-refractivity contribution in [2.45, 2.75) is 53.4 Å². The number of likely N-dealkylation sites (tertiary alicyclic amines) is 2. The quantitative estimate of drug-likeness (QED) is 0.764. The maximum Gasteiger partial charge on any atom is 0.276 e. The molecule has 2 aliphatic heterocycles. The Morgan fingerprint density at radius 2 is 1.50 bits per heavy atom. The summed E-state index contributed by atoms with van der Waals surface area (Å²) in [6.45, 7) is 10.4. The van der Waals surface area contributed by atoms with Crippen molar-refractivity contribution in [1.29, 1.82) is 0 Å². The number of nitrogens with zero attached hydrogens (tertiary/aromatic N) is 4. The van der Waals surface area contributed by atoms with E-state index in [4.69, 9.17) is 9.05 Å². The van der Waals surface area contributed by atoms with Crippen LogP contribution < -0.4 is 0 Å². The van der Waals surface area contributed by atoms with Crippen LogP contribution in [-0.2, 0) is 11.2 Å². The maximum atomic E-state index is 13.3. The Balaban J connectivity index is 1.43. The SMILES string of the molecule is CC(=O)N1CCC(C2CCN(C(=O)c3noc(C)c3Cc3c(C)noc3C)C2)CC1. The topological polar surface area (TPSA) is 92.7 Å². The molecule has 2 aromatic rings. The zero-order chi connectivity index (χ0) is 21.4. The highest BCUT2D eigenvalue weighted by Gasteiger charge is 2.36. The first kappa shape index (κ1) is 20.6. The highest BCUT2D eigenvalue weighted by atomic mass is 16.5. The first-order valence-corrected chi connectivity index (χ1v) is 10.8. The Labute approximate surface area is 176 Å². The van der Waals surface area contributed by atoms with Gasteiger partial charge in [0, 0.05) is 50.7 Å². The molecule has 8 heteroatoms. The molecule has 1 unspecified atom stereocenters. The van der Waals surface area contributed by atoms with Gasteiger partial charge in [-0.1, -0.05) is 10.3 Å². The van der Waals surface area contributed by atoms with Crippen molar-refractivity contribution < 1.29 is 18.6 Å². The van der Waals surface area contributed by atoms with Gasteiger partial charge in [0.1, 0.15) is 11.5 Å². The summed E-state index contributed by atoms with van der Waals surface area (Å²) in [5, 5.41) is 8.12. The number of rotatable bonds is 4. The van der Waals surface area contributed by atoms with Gasteiger partial charge < -0.3 is 18.8 Å². The summed E-state index contributed by atoms with van der Waals surface area (Å²) in [5.41, 5.74) is 3.02. The molecule has 4 heterocycles. The number of amides is 2. The first-order valence-electron chi connectivity index (χ1n) is 10.8. The number of aryl methyl sites for hydroxylation is 3. The number of piperidine rings is 1. The van der Waals surface area contributed by atoms with Crippen molar-refractivity contribution in [3.05, 3.63) is 34.0 Å². The van der Waals surface area contributed by atoms with Crippen molar-refractivity contribution in [2.75, 3.05) is 26.2 Å². The Morgan fingerprint density at radius 1 is 0.900 bits per heavy atom. The average Bonchev–Trinajstić information content (AvgIpc) is 3.44. The smallest absolute Gasteiger partial charge is 0.276 e. The van der Waals surface area contributed by atoms with Crippen LogP contribution in [0.3, 0.4) is 0 Å². The lowest BCUT2D eigenvalue weighted by Gasteiger charge is -2.34. The minimum absolute atomic E-state index is 0.0581. The van der Waals surface area contributed by atoms with Crippen LogP contribution in [0.5, 0.6) is 0 Å². The molecule has 8 nitrogen and oxygen atoms in total. The number of carbonyl (C=O) groups is 2. The Kier molecular flexibility index (Phi) is 5.66. The second kappa shape index (κ2) is 8.24. The molecule has 0 aromatic carbocycles. The lowest BCUT2D eigenvalue weighted by molar-refractivity contribution is -0.130. The van der Waals surface area contributed by atoms with Gasteiger partial charge in [0.25, 0.3) is 5.91 Å².